The molecule has 3 unspecified atom stereocenters. The van der Waals surface area contributed by atoms with Crippen molar-refractivity contribution in [2.75, 3.05) is 5.32 Å². The van der Waals surface area contributed by atoms with Gasteiger partial charge in [0.05, 0.1) is 21.0 Å². The first-order chi connectivity index (χ1) is 10.6. The highest BCUT2D eigenvalue weighted by molar-refractivity contribution is 9.10. The number of carbonyl (C=O) groups excluding carboxylic acids is 2. The normalized spacial score (nSPS) is 34.7. The minimum Gasteiger partial charge on any atom is -0.324 e. The molecule has 124 valence electrons. The van der Waals surface area contributed by atoms with Crippen LogP contribution < -0.4 is 5.32 Å². The van der Waals surface area contributed by atoms with Crippen LogP contribution in [-0.4, -0.2) is 16.5 Å². The van der Waals surface area contributed by atoms with Crippen molar-refractivity contribution in [2.45, 2.75) is 38.4 Å². The molecule has 2 fully saturated rings. The van der Waals surface area contributed by atoms with Gasteiger partial charge in [0.1, 0.15) is 0 Å². The SMILES string of the molecule is CC12CCC(C(=O)Nc3ccc(Cl)cc3Cl)(C(Br)C1=O)C2(C)C. The second-order valence-corrected chi connectivity index (χ2v) is 8.99. The van der Waals surface area contributed by atoms with E-state index in [0.717, 1.165) is 6.42 Å². The summed E-state index contributed by atoms with van der Waals surface area (Å²) in [7, 11) is 0. The van der Waals surface area contributed by atoms with Crippen LogP contribution in [-0.2, 0) is 9.59 Å². The van der Waals surface area contributed by atoms with Gasteiger partial charge in [-0.15, -0.1) is 0 Å². The van der Waals surface area contributed by atoms with E-state index in [9.17, 15) is 9.59 Å². The van der Waals surface area contributed by atoms with Gasteiger partial charge in [0.2, 0.25) is 5.91 Å². The number of rotatable bonds is 2. The number of benzene rings is 1. The highest BCUT2D eigenvalue weighted by Crippen LogP contribution is 2.72. The van der Waals surface area contributed by atoms with Gasteiger partial charge in [-0.1, -0.05) is 59.9 Å². The Morgan fingerprint density at radius 2 is 1.91 bits per heavy atom. The molecule has 23 heavy (non-hydrogen) atoms. The highest BCUT2D eigenvalue weighted by atomic mass is 79.9. The fourth-order valence-corrected chi connectivity index (χ4v) is 6.25. The second-order valence-electron chi connectivity index (χ2n) is 7.23. The van der Waals surface area contributed by atoms with E-state index in [1.807, 2.05) is 20.8 Å². The van der Waals surface area contributed by atoms with E-state index < -0.39 is 21.1 Å². The lowest BCUT2D eigenvalue weighted by Crippen LogP contribution is -2.48. The second kappa shape index (κ2) is 5.21. The van der Waals surface area contributed by atoms with Crippen LogP contribution >= 0.6 is 39.1 Å². The van der Waals surface area contributed by atoms with Crippen molar-refractivity contribution in [1.29, 1.82) is 0 Å². The first kappa shape index (κ1) is 17.2. The topological polar surface area (TPSA) is 46.2 Å². The summed E-state index contributed by atoms with van der Waals surface area (Å²) >= 11 is 15.6. The molecule has 0 saturated heterocycles. The fourth-order valence-electron chi connectivity index (χ4n) is 4.28. The Hall–Kier alpha value is -0.580. The van der Waals surface area contributed by atoms with Crippen molar-refractivity contribution in [3.05, 3.63) is 28.2 Å². The minimum absolute atomic E-state index is 0.117. The lowest BCUT2D eigenvalue weighted by molar-refractivity contribution is -0.130. The Morgan fingerprint density at radius 1 is 1.26 bits per heavy atom. The summed E-state index contributed by atoms with van der Waals surface area (Å²) in [6.45, 7) is 6.01. The number of Topliss-reactive ketones (excluding diaryl/α,β-unsaturated/α-hetero) is 1. The van der Waals surface area contributed by atoms with Gasteiger partial charge in [0, 0.05) is 10.4 Å². The smallest absolute Gasteiger partial charge is 0.232 e. The van der Waals surface area contributed by atoms with Crippen molar-refractivity contribution >= 4 is 56.5 Å². The van der Waals surface area contributed by atoms with Crippen molar-refractivity contribution in [2.24, 2.45) is 16.2 Å². The maximum absolute atomic E-state index is 13.2. The average molecular weight is 419 g/mol. The Labute approximate surface area is 154 Å². The van der Waals surface area contributed by atoms with Crippen LogP contribution in [0.2, 0.25) is 10.0 Å². The summed E-state index contributed by atoms with van der Waals surface area (Å²) in [6.07, 6.45) is 1.40. The maximum Gasteiger partial charge on any atom is 0.232 e. The minimum atomic E-state index is -0.776. The number of carbonyl (C=O) groups is 2. The summed E-state index contributed by atoms with van der Waals surface area (Å²) in [4.78, 5) is 25.4. The van der Waals surface area contributed by atoms with Crippen LogP contribution in [0.3, 0.4) is 0 Å². The summed E-state index contributed by atoms with van der Waals surface area (Å²) in [6, 6.07) is 4.95. The van der Waals surface area contributed by atoms with E-state index in [0.29, 0.717) is 22.2 Å². The summed E-state index contributed by atoms with van der Waals surface area (Å²) < 4.78 is 0. The van der Waals surface area contributed by atoms with E-state index in [2.05, 4.69) is 21.2 Å². The monoisotopic (exact) mass is 417 g/mol. The molecule has 2 aliphatic carbocycles. The molecule has 2 aliphatic rings. The average Bonchev–Trinajstić information content (AvgIpc) is 2.74. The summed E-state index contributed by atoms with van der Waals surface area (Å²) in [5, 5.41) is 3.80. The summed E-state index contributed by atoms with van der Waals surface area (Å²) in [5.74, 6) is -0.0470. The van der Waals surface area contributed by atoms with Gasteiger partial charge >= 0.3 is 0 Å². The van der Waals surface area contributed by atoms with Crippen LogP contribution in [0.1, 0.15) is 33.6 Å². The standard InChI is InChI=1S/C17H18BrCl2NO2/c1-15(2)16(3)6-7-17(15,12(18)13(16)22)14(23)21-11-5-4-9(19)8-10(11)20/h4-5,8,12H,6-7H2,1-3H3,(H,21,23). The van der Waals surface area contributed by atoms with Crippen molar-refractivity contribution < 1.29 is 9.59 Å². The van der Waals surface area contributed by atoms with E-state index in [1.165, 1.54) is 0 Å². The molecule has 1 aromatic rings. The number of hydrogen-bond acceptors (Lipinski definition) is 2. The van der Waals surface area contributed by atoms with Crippen LogP contribution in [0.5, 0.6) is 0 Å². The van der Waals surface area contributed by atoms with Gasteiger partial charge in [-0.05, 0) is 36.5 Å². The molecule has 0 spiro atoms. The van der Waals surface area contributed by atoms with E-state index in [1.54, 1.807) is 18.2 Å². The van der Waals surface area contributed by atoms with Crippen LogP contribution in [0.25, 0.3) is 0 Å². The number of alkyl halides is 1. The molecule has 0 heterocycles. The number of anilines is 1. The van der Waals surface area contributed by atoms with Gasteiger partial charge in [-0.2, -0.15) is 0 Å². The highest BCUT2D eigenvalue weighted by Gasteiger charge is 2.76. The van der Waals surface area contributed by atoms with E-state index in [-0.39, 0.29) is 11.7 Å². The third-order valence-electron chi connectivity index (χ3n) is 6.31. The zero-order chi connectivity index (χ0) is 17.2. The number of hydrogen-bond donors (Lipinski definition) is 1. The molecule has 1 N–H and O–H groups in total. The fraction of sp³-hybridized carbons (Fsp3) is 0.529. The largest absolute Gasteiger partial charge is 0.324 e. The predicted octanol–water partition coefficient (Wildman–Crippen LogP) is 5.09. The van der Waals surface area contributed by atoms with Crippen LogP contribution in [0, 0.1) is 16.2 Å². The van der Waals surface area contributed by atoms with Crippen LogP contribution in [0.4, 0.5) is 5.69 Å². The van der Waals surface area contributed by atoms with Gasteiger partial charge in [-0.3, -0.25) is 9.59 Å². The quantitative estimate of drug-likeness (QED) is 0.679. The van der Waals surface area contributed by atoms with Crippen molar-refractivity contribution in [3.8, 4) is 0 Å². The molecule has 3 rings (SSSR count). The molecule has 6 heteroatoms. The Morgan fingerprint density at radius 3 is 2.43 bits per heavy atom. The number of amides is 1. The molecule has 0 aromatic heterocycles. The molecule has 2 saturated carbocycles. The molecule has 0 radical (unpaired) electrons. The maximum atomic E-state index is 13.2. The lowest BCUT2D eigenvalue weighted by Gasteiger charge is -2.39. The molecule has 1 aromatic carbocycles. The zero-order valence-corrected chi connectivity index (χ0v) is 16.3. The van der Waals surface area contributed by atoms with Gasteiger partial charge in [0.25, 0.3) is 0 Å². The van der Waals surface area contributed by atoms with E-state index >= 15 is 0 Å². The molecular formula is C17H18BrCl2NO2. The third kappa shape index (κ3) is 2.01. The lowest BCUT2D eigenvalue weighted by atomic mass is 9.64. The van der Waals surface area contributed by atoms with Gasteiger partial charge < -0.3 is 5.32 Å². The zero-order valence-electron chi connectivity index (χ0n) is 13.2. The molecule has 3 atom stereocenters. The third-order valence-corrected chi connectivity index (χ3v) is 8.05. The molecule has 0 aliphatic heterocycles. The Bertz CT molecular complexity index is 721. The molecular weight excluding hydrogens is 401 g/mol. The Kier molecular flexibility index (Phi) is 3.90. The Balaban J connectivity index is 2.00. The molecule has 3 nitrogen and oxygen atoms in total. The summed E-state index contributed by atoms with van der Waals surface area (Å²) in [5.41, 5.74) is -1.18. The van der Waals surface area contributed by atoms with Crippen molar-refractivity contribution in [1.82, 2.24) is 0 Å². The molecule has 1 amide bonds. The number of nitrogens with one attached hydrogen (secondary N) is 1. The first-order valence-electron chi connectivity index (χ1n) is 7.53. The van der Waals surface area contributed by atoms with Crippen molar-refractivity contribution in [3.63, 3.8) is 0 Å². The van der Waals surface area contributed by atoms with Gasteiger partial charge in [0.15, 0.2) is 5.78 Å². The molecule has 2 bridgehead atoms. The van der Waals surface area contributed by atoms with E-state index in [4.69, 9.17) is 23.2 Å². The number of halogens is 3. The predicted molar refractivity (Wildman–Crippen MR) is 96.4 cm³/mol. The number of fused-ring (bicyclic) bond motifs is 2. The van der Waals surface area contributed by atoms with Crippen LogP contribution in [0.15, 0.2) is 18.2 Å². The first-order valence-corrected chi connectivity index (χ1v) is 9.20. The number of ketones is 1. The van der Waals surface area contributed by atoms with Gasteiger partial charge in [-0.25, -0.2) is 0 Å².